The van der Waals surface area contributed by atoms with E-state index >= 15 is 0 Å². The van der Waals surface area contributed by atoms with Crippen molar-refractivity contribution in [3.05, 3.63) is 109 Å². The molecule has 0 aromatic heterocycles. The van der Waals surface area contributed by atoms with Gasteiger partial charge in [-0.1, -0.05) is 304 Å². The lowest BCUT2D eigenvalue weighted by molar-refractivity contribution is -0.167. The van der Waals surface area contributed by atoms with Crippen LogP contribution < -0.4 is 0 Å². The van der Waals surface area contributed by atoms with Crippen LogP contribution in [-0.2, 0) is 28.6 Å². The molecule has 0 aromatic rings. The van der Waals surface area contributed by atoms with Gasteiger partial charge in [-0.15, -0.1) is 0 Å². The maximum absolute atomic E-state index is 13.0. The summed E-state index contributed by atoms with van der Waals surface area (Å²) in [7, 11) is 0. The van der Waals surface area contributed by atoms with E-state index in [1.54, 1.807) is 0 Å². The third kappa shape index (κ3) is 68.7. The van der Waals surface area contributed by atoms with Crippen LogP contribution in [0, 0.1) is 0 Å². The van der Waals surface area contributed by atoms with Crippen molar-refractivity contribution in [1.82, 2.24) is 0 Å². The van der Waals surface area contributed by atoms with Crippen molar-refractivity contribution < 1.29 is 28.6 Å². The van der Waals surface area contributed by atoms with E-state index in [-0.39, 0.29) is 31.1 Å². The number of carbonyl (C=O) groups is 3. The topological polar surface area (TPSA) is 78.9 Å². The summed E-state index contributed by atoms with van der Waals surface area (Å²) in [6.07, 6.45) is 96.7. The van der Waals surface area contributed by atoms with Crippen molar-refractivity contribution in [3.63, 3.8) is 0 Å². The van der Waals surface area contributed by atoms with Gasteiger partial charge < -0.3 is 14.2 Å². The lowest BCUT2D eigenvalue weighted by Gasteiger charge is -2.18. The summed E-state index contributed by atoms with van der Waals surface area (Å²) in [4.78, 5) is 38.5. The molecule has 0 saturated carbocycles. The van der Waals surface area contributed by atoms with Crippen LogP contribution in [0.15, 0.2) is 109 Å². The van der Waals surface area contributed by atoms with E-state index < -0.39 is 6.10 Å². The first kappa shape index (κ1) is 79.1. The molecule has 0 fully saturated rings. The molecule has 1 atom stereocenters. The largest absolute Gasteiger partial charge is 0.462 e. The lowest BCUT2D eigenvalue weighted by atomic mass is 10.0. The zero-order valence-corrected chi connectivity index (χ0v) is 54.7. The van der Waals surface area contributed by atoms with Crippen molar-refractivity contribution >= 4 is 17.9 Å². The molecule has 0 heterocycles. The Morgan fingerprint density at radius 2 is 0.470 bits per heavy atom. The number of allylic oxidation sites excluding steroid dienone is 18. The lowest BCUT2D eigenvalue weighted by Crippen LogP contribution is -2.30. The van der Waals surface area contributed by atoms with Gasteiger partial charge >= 0.3 is 17.9 Å². The van der Waals surface area contributed by atoms with Crippen LogP contribution in [0.4, 0.5) is 0 Å². The molecule has 0 amide bonds. The van der Waals surface area contributed by atoms with Crippen LogP contribution in [0.25, 0.3) is 0 Å². The van der Waals surface area contributed by atoms with E-state index in [1.165, 1.54) is 186 Å². The molecule has 83 heavy (non-hydrogen) atoms. The predicted molar refractivity (Wildman–Crippen MR) is 362 cm³/mol. The number of hydrogen-bond donors (Lipinski definition) is 0. The van der Waals surface area contributed by atoms with Gasteiger partial charge in [0.2, 0.25) is 0 Å². The van der Waals surface area contributed by atoms with Gasteiger partial charge in [0.25, 0.3) is 0 Å². The Hall–Kier alpha value is -3.93. The molecular formula is C77H132O6. The Morgan fingerprint density at radius 3 is 0.747 bits per heavy atom. The van der Waals surface area contributed by atoms with Crippen molar-refractivity contribution in [2.45, 2.75) is 348 Å². The SMILES string of the molecule is CC/C=C\C/C=C\C/C=C\C/C=C\C/C=C\C/C=C\CCCCCCC(=O)OC(COC(=O)CCCCCCCCC/C=C\CCCCCCCC)COC(=O)CCCCCCCCCCCCCCC/C=C\C/C=C\CCCCCCC. The van der Waals surface area contributed by atoms with E-state index in [1.807, 2.05) is 0 Å². The number of ether oxygens (including phenoxy) is 3. The number of unbranched alkanes of at least 4 members (excludes halogenated alkanes) is 35. The molecule has 0 aliphatic rings. The summed E-state index contributed by atoms with van der Waals surface area (Å²) in [5, 5.41) is 0. The van der Waals surface area contributed by atoms with E-state index in [0.29, 0.717) is 19.3 Å². The Kier molecular flexibility index (Phi) is 67.2. The van der Waals surface area contributed by atoms with Crippen LogP contribution in [0.2, 0.25) is 0 Å². The molecule has 0 bridgehead atoms. The Labute approximate surface area is 514 Å². The van der Waals surface area contributed by atoms with Crippen molar-refractivity contribution in [2.75, 3.05) is 13.2 Å². The first-order valence-corrected chi connectivity index (χ1v) is 35.4. The maximum Gasteiger partial charge on any atom is 0.306 e. The van der Waals surface area contributed by atoms with Crippen LogP contribution >= 0.6 is 0 Å². The zero-order valence-electron chi connectivity index (χ0n) is 54.7. The molecule has 0 N–H and O–H groups in total. The molecule has 1 unspecified atom stereocenters. The first-order chi connectivity index (χ1) is 41.0. The highest BCUT2D eigenvalue weighted by molar-refractivity contribution is 5.71. The molecule has 0 rings (SSSR count). The molecule has 0 aliphatic heterocycles. The van der Waals surface area contributed by atoms with Gasteiger partial charge in [0.05, 0.1) is 0 Å². The van der Waals surface area contributed by atoms with Crippen molar-refractivity contribution in [3.8, 4) is 0 Å². The molecule has 0 saturated heterocycles. The van der Waals surface area contributed by atoms with E-state index in [4.69, 9.17) is 14.2 Å². The van der Waals surface area contributed by atoms with Crippen LogP contribution in [0.5, 0.6) is 0 Å². The van der Waals surface area contributed by atoms with E-state index in [9.17, 15) is 14.4 Å². The minimum atomic E-state index is -0.798. The second-order valence-electron chi connectivity index (χ2n) is 23.4. The quantitative estimate of drug-likeness (QED) is 0.0261. The number of rotatable bonds is 64. The molecule has 0 spiro atoms. The van der Waals surface area contributed by atoms with Gasteiger partial charge in [0.15, 0.2) is 6.10 Å². The molecular weight excluding hydrogens is 1020 g/mol. The Bertz CT molecular complexity index is 1660. The van der Waals surface area contributed by atoms with Gasteiger partial charge in [0.1, 0.15) is 13.2 Å². The fourth-order valence-electron chi connectivity index (χ4n) is 9.94. The summed E-state index contributed by atoms with van der Waals surface area (Å²) in [6.45, 7) is 6.52. The van der Waals surface area contributed by atoms with E-state index in [0.717, 1.165) is 116 Å². The smallest absolute Gasteiger partial charge is 0.306 e. The predicted octanol–water partition coefficient (Wildman–Crippen LogP) is 24.6. The molecule has 6 nitrogen and oxygen atoms in total. The summed E-state index contributed by atoms with van der Waals surface area (Å²) in [6, 6.07) is 0. The second kappa shape index (κ2) is 70.6. The summed E-state index contributed by atoms with van der Waals surface area (Å²) < 4.78 is 17.0. The third-order valence-corrected chi connectivity index (χ3v) is 15.2. The minimum absolute atomic E-state index is 0.0898. The van der Waals surface area contributed by atoms with Crippen molar-refractivity contribution in [1.29, 1.82) is 0 Å². The monoisotopic (exact) mass is 1150 g/mol. The summed E-state index contributed by atoms with van der Waals surface area (Å²) in [5.41, 5.74) is 0. The molecule has 0 aromatic carbocycles. The standard InChI is InChI=1S/C77H132O6/c1-4-7-10-13-16-19-22-25-28-31-33-35-37-38-40-41-43-46-49-52-55-58-61-64-67-70-76(79)82-73-74(72-81-75(78)69-66-63-60-57-54-51-48-45-30-27-24-21-18-15-12-9-6-3)83-77(80)71-68-65-62-59-56-53-50-47-44-42-39-36-34-32-29-26-23-20-17-14-11-8-5-2/h8,11,17,20,22,25-27,29-31,33-34,36,42,44,50,53,74H,4-7,9-10,12-16,18-19,21,23-24,28,32,35,37-41,43,45-49,51-52,54-73H2,1-3H3/b11-8-,20-17-,25-22-,29-26-,30-27-,33-31-,36-34-,44-42-,53-50-. The van der Waals surface area contributed by atoms with Crippen LogP contribution in [-0.4, -0.2) is 37.2 Å². The van der Waals surface area contributed by atoms with Gasteiger partial charge in [-0.2, -0.15) is 0 Å². The Morgan fingerprint density at radius 1 is 0.253 bits per heavy atom. The molecule has 476 valence electrons. The first-order valence-electron chi connectivity index (χ1n) is 35.4. The molecule has 6 heteroatoms. The molecule has 0 radical (unpaired) electrons. The molecule has 0 aliphatic carbocycles. The van der Waals surface area contributed by atoms with Crippen LogP contribution in [0.3, 0.4) is 0 Å². The highest BCUT2D eigenvalue weighted by Crippen LogP contribution is 2.17. The highest BCUT2D eigenvalue weighted by atomic mass is 16.6. The van der Waals surface area contributed by atoms with Gasteiger partial charge in [0, 0.05) is 19.3 Å². The normalized spacial score (nSPS) is 12.8. The van der Waals surface area contributed by atoms with Gasteiger partial charge in [-0.25, -0.2) is 0 Å². The fraction of sp³-hybridized carbons (Fsp3) is 0.727. The average Bonchev–Trinajstić information content (AvgIpc) is 3.49. The second-order valence-corrected chi connectivity index (χ2v) is 23.4. The zero-order chi connectivity index (χ0) is 59.9. The minimum Gasteiger partial charge on any atom is -0.462 e. The number of carbonyl (C=O) groups excluding carboxylic acids is 3. The summed E-state index contributed by atoms with van der Waals surface area (Å²) >= 11 is 0. The van der Waals surface area contributed by atoms with Crippen LogP contribution in [0.1, 0.15) is 342 Å². The van der Waals surface area contributed by atoms with Gasteiger partial charge in [-0.05, 0) is 128 Å². The fourth-order valence-corrected chi connectivity index (χ4v) is 9.94. The van der Waals surface area contributed by atoms with Gasteiger partial charge in [-0.3, -0.25) is 14.4 Å². The Balaban J connectivity index is 4.41. The average molecular weight is 1150 g/mol. The third-order valence-electron chi connectivity index (χ3n) is 15.2. The van der Waals surface area contributed by atoms with Crippen molar-refractivity contribution in [2.24, 2.45) is 0 Å². The highest BCUT2D eigenvalue weighted by Gasteiger charge is 2.19. The number of esters is 3. The summed E-state index contributed by atoms with van der Waals surface area (Å²) in [5.74, 6) is -0.907. The number of hydrogen-bond acceptors (Lipinski definition) is 6. The maximum atomic E-state index is 13.0. The van der Waals surface area contributed by atoms with E-state index in [2.05, 4.69) is 130 Å².